The van der Waals surface area contributed by atoms with Crippen molar-refractivity contribution in [1.29, 1.82) is 0 Å². The highest BCUT2D eigenvalue weighted by Crippen LogP contribution is 2.28. The van der Waals surface area contributed by atoms with Crippen molar-refractivity contribution < 1.29 is 9.53 Å². The van der Waals surface area contributed by atoms with Crippen LogP contribution in [-0.4, -0.2) is 75.8 Å². The lowest BCUT2D eigenvalue weighted by Crippen LogP contribution is -2.56. The molecule has 0 atom stereocenters. The molecule has 0 spiro atoms. The van der Waals surface area contributed by atoms with E-state index >= 15 is 0 Å². The molecule has 2 aliphatic rings. The number of rotatable bonds is 4. The fourth-order valence-corrected chi connectivity index (χ4v) is 3.99. The van der Waals surface area contributed by atoms with E-state index in [1.54, 1.807) is 18.6 Å². The van der Waals surface area contributed by atoms with Gasteiger partial charge in [-0.15, -0.1) is 5.10 Å². The van der Waals surface area contributed by atoms with Crippen LogP contribution in [0.1, 0.15) is 10.4 Å². The lowest BCUT2D eigenvalue weighted by Gasteiger charge is -2.43. The van der Waals surface area contributed by atoms with Gasteiger partial charge in [0, 0.05) is 38.6 Å². The number of piperazine rings is 1. The maximum Gasteiger partial charge on any atom is 0.263 e. The summed E-state index contributed by atoms with van der Waals surface area (Å²) < 4.78 is 6.71. The van der Waals surface area contributed by atoms with Crippen LogP contribution in [0.15, 0.2) is 30.9 Å². The lowest BCUT2D eigenvalue weighted by molar-refractivity contribution is -0.0660. The number of nitrogens with one attached hydrogen (secondary N) is 1. The van der Waals surface area contributed by atoms with E-state index in [4.69, 9.17) is 22.1 Å². The summed E-state index contributed by atoms with van der Waals surface area (Å²) in [5, 5.41) is 7.47. The zero-order valence-corrected chi connectivity index (χ0v) is 16.9. The molecule has 2 aliphatic heterocycles. The number of fused-ring (bicyclic) bond motifs is 1. The highest BCUT2D eigenvalue weighted by molar-refractivity contribution is 6.30. The largest absolute Gasteiger partial charge is 0.381 e. The van der Waals surface area contributed by atoms with Crippen LogP contribution in [0.3, 0.4) is 0 Å². The van der Waals surface area contributed by atoms with Crippen molar-refractivity contribution in [3.63, 3.8) is 0 Å². The molecule has 0 bridgehead atoms. The van der Waals surface area contributed by atoms with Crippen LogP contribution < -0.4 is 16.0 Å². The molecule has 0 aliphatic carbocycles. The summed E-state index contributed by atoms with van der Waals surface area (Å²) in [6.45, 7) is 5.27. The molecule has 30 heavy (non-hydrogen) atoms. The van der Waals surface area contributed by atoms with E-state index in [1.165, 1.54) is 10.7 Å². The third-order valence-corrected chi connectivity index (χ3v) is 5.73. The standard InChI is InChI=1S/C19H21ClN8O2/c20-12-7-23-18-16(17(21)25-28(18)9-12)19(29)24-14-8-22-2-1-15(14)27-5-3-26(4-6-27)13-10-30-11-13/h1-2,7-9,13H,3-6,10-11H2,(H2,21,25)(H,24,29). The number of pyridine rings is 1. The predicted octanol–water partition coefficient (Wildman–Crippen LogP) is 1.13. The van der Waals surface area contributed by atoms with Gasteiger partial charge in [-0.05, 0) is 6.07 Å². The molecule has 3 N–H and O–H groups in total. The molecular formula is C19H21ClN8O2. The van der Waals surface area contributed by atoms with Crippen molar-refractivity contribution in [1.82, 2.24) is 24.5 Å². The van der Waals surface area contributed by atoms with Crippen LogP contribution in [0.25, 0.3) is 5.65 Å². The van der Waals surface area contributed by atoms with Crippen molar-refractivity contribution in [3.8, 4) is 0 Å². The molecule has 10 nitrogen and oxygen atoms in total. The molecule has 0 saturated carbocycles. The average Bonchev–Trinajstić information content (AvgIpc) is 3.02. The van der Waals surface area contributed by atoms with Crippen molar-refractivity contribution >= 4 is 40.3 Å². The van der Waals surface area contributed by atoms with Crippen LogP contribution in [0.5, 0.6) is 0 Å². The second kappa shape index (κ2) is 7.71. The Morgan fingerprint density at radius 3 is 2.77 bits per heavy atom. The second-order valence-corrected chi connectivity index (χ2v) is 7.80. The Balaban J connectivity index is 1.36. The van der Waals surface area contributed by atoms with E-state index < -0.39 is 5.91 Å². The van der Waals surface area contributed by atoms with E-state index in [1.807, 2.05) is 6.07 Å². The van der Waals surface area contributed by atoms with Gasteiger partial charge in [0.15, 0.2) is 11.5 Å². The minimum atomic E-state index is -0.392. The van der Waals surface area contributed by atoms with Gasteiger partial charge in [-0.3, -0.25) is 14.7 Å². The Kier molecular flexibility index (Phi) is 4.89. The van der Waals surface area contributed by atoms with E-state index in [2.05, 4.69) is 30.2 Å². The van der Waals surface area contributed by atoms with E-state index in [0.717, 1.165) is 45.1 Å². The summed E-state index contributed by atoms with van der Waals surface area (Å²) in [6, 6.07) is 2.44. The van der Waals surface area contributed by atoms with Crippen molar-refractivity contribution in [2.75, 3.05) is 55.3 Å². The fraction of sp³-hybridized carbons (Fsp3) is 0.368. The first-order valence-corrected chi connectivity index (χ1v) is 10.1. The summed E-state index contributed by atoms with van der Waals surface area (Å²) >= 11 is 5.95. The Bertz CT molecular complexity index is 1090. The Labute approximate surface area is 177 Å². The number of nitrogen functional groups attached to an aromatic ring is 1. The van der Waals surface area contributed by atoms with Gasteiger partial charge in [-0.2, -0.15) is 0 Å². The minimum Gasteiger partial charge on any atom is -0.381 e. The first kappa shape index (κ1) is 19.0. The van der Waals surface area contributed by atoms with E-state index in [0.29, 0.717) is 22.4 Å². The number of nitrogens with zero attached hydrogens (tertiary/aromatic N) is 6. The lowest BCUT2D eigenvalue weighted by atomic mass is 10.1. The molecule has 3 aromatic rings. The third-order valence-electron chi connectivity index (χ3n) is 5.53. The summed E-state index contributed by atoms with van der Waals surface area (Å²) in [4.78, 5) is 26.1. The van der Waals surface area contributed by atoms with Gasteiger partial charge in [0.2, 0.25) is 0 Å². The predicted molar refractivity (Wildman–Crippen MR) is 113 cm³/mol. The van der Waals surface area contributed by atoms with Gasteiger partial charge < -0.3 is 20.7 Å². The first-order valence-electron chi connectivity index (χ1n) is 9.71. The number of hydrogen-bond donors (Lipinski definition) is 2. The van der Waals surface area contributed by atoms with Crippen LogP contribution >= 0.6 is 11.6 Å². The topological polar surface area (TPSA) is 114 Å². The smallest absolute Gasteiger partial charge is 0.263 e. The van der Waals surface area contributed by atoms with Crippen molar-refractivity contribution in [2.24, 2.45) is 0 Å². The molecule has 2 saturated heterocycles. The molecule has 2 fully saturated rings. The van der Waals surface area contributed by atoms with Gasteiger partial charge in [0.25, 0.3) is 5.91 Å². The number of nitrogens with two attached hydrogens (primary N) is 1. The van der Waals surface area contributed by atoms with Gasteiger partial charge >= 0.3 is 0 Å². The highest BCUT2D eigenvalue weighted by Gasteiger charge is 2.30. The SMILES string of the molecule is Nc1nn2cc(Cl)cnc2c1C(=O)Nc1cnccc1N1CCN(C2COC2)CC1. The van der Waals surface area contributed by atoms with Gasteiger partial charge in [0.1, 0.15) is 5.56 Å². The number of anilines is 3. The van der Waals surface area contributed by atoms with Crippen LogP contribution in [0.2, 0.25) is 5.02 Å². The fourth-order valence-electron chi connectivity index (χ4n) is 3.85. The van der Waals surface area contributed by atoms with E-state index in [-0.39, 0.29) is 11.4 Å². The van der Waals surface area contributed by atoms with E-state index in [9.17, 15) is 4.79 Å². The molecule has 0 unspecified atom stereocenters. The van der Waals surface area contributed by atoms with Gasteiger partial charge in [-0.25, -0.2) is 9.50 Å². The molecule has 0 aromatic carbocycles. The number of carbonyl (C=O) groups excluding carboxylic acids is 1. The first-order chi connectivity index (χ1) is 14.6. The Hall–Kier alpha value is -2.95. The summed E-state index contributed by atoms with van der Waals surface area (Å²) in [5.41, 5.74) is 8.08. The molecule has 156 valence electrons. The quantitative estimate of drug-likeness (QED) is 0.635. The molecule has 5 rings (SSSR count). The van der Waals surface area contributed by atoms with Crippen LogP contribution in [0.4, 0.5) is 17.2 Å². The normalized spacial score (nSPS) is 17.8. The number of halogens is 1. The number of amides is 1. The molecule has 5 heterocycles. The van der Waals surface area contributed by atoms with Crippen molar-refractivity contribution in [3.05, 3.63) is 41.4 Å². The number of ether oxygens (including phenoxy) is 1. The van der Waals surface area contributed by atoms with Gasteiger partial charge in [0.05, 0.1) is 48.0 Å². The number of aromatic nitrogens is 4. The third kappa shape index (κ3) is 3.42. The average molecular weight is 429 g/mol. The summed E-state index contributed by atoms with van der Waals surface area (Å²) in [6.07, 6.45) is 6.38. The van der Waals surface area contributed by atoms with Gasteiger partial charge in [-0.1, -0.05) is 11.6 Å². The molecule has 3 aromatic heterocycles. The van der Waals surface area contributed by atoms with Crippen molar-refractivity contribution in [2.45, 2.75) is 6.04 Å². The highest BCUT2D eigenvalue weighted by atomic mass is 35.5. The zero-order chi connectivity index (χ0) is 20.7. The number of hydrogen-bond acceptors (Lipinski definition) is 8. The molecule has 11 heteroatoms. The maximum atomic E-state index is 13.0. The summed E-state index contributed by atoms with van der Waals surface area (Å²) in [7, 11) is 0. The molecule has 0 radical (unpaired) electrons. The van der Waals surface area contributed by atoms with Crippen LogP contribution in [-0.2, 0) is 4.74 Å². The Morgan fingerprint density at radius 2 is 2.03 bits per heavy atom. The minimum absolute atomic E-state index is 0.0871. The molecule has 1 amide bonds. The van der Waals surface area contributed by atoms with Crippen LogP contribution in [0, 0.1) is 0 Å². The monoisotopic (exact) mass is 428 g/mol. The maximum absolute atomic E-state index is 13.0. The summed E-state index contributed by atoms with van der Waals surface area (Å²) in [5.74, 6) is -0.305. The Morgan fingerprint density at radius 1 is 1.23 bits per heavy atom. The zero-order valence-electron chi connectivity index (χ0n) is 16.2. The molecular weight excluding hydrogens is 408 g/mol. The number of carbonyl (C=O) groups is 1. The second-order valence-electron chi connectivity index (χ2n) is 7.36.